The molecule has 3 nitrogen and oxygen atoms in total. The van der Waals surface area contributed by atoms with E-state index in [1.807, 2.05) is 0 Å². The number of halogens is 6. The number of nitrogens with one attached hydrogen (secondary N) is 1. The normalized spacial score (nSPS) is 12.2. The molecule has 0 aliphatic heterocycles. The molecule has 19 heavy (non-hydrogen) atoms. The summed E-state index contributed by atoms with van der Waals surface area (Å²) in [6.07, 6.45) is -5.96. The quantitative estimate of drug-likeness (QED) is 0.868. The van der Waals surface area contributed by atoms with Gasteiger partial charge < -0.3 is 10.1 Å². The number of carbonyl (C=O) groups is 1. The van der Waals surface area contributed by atoms with Gasteiger partial charge in [0, 0.05) is 5.69 Å². The van der Waals surface area contributed by atoms with Crippen LogP contribution in [0.15, 0.2) is 18.2 Å². The van der Waals surface area contributed by atoms with Crippen LogP contribution in [0.4, 0.5) is 27.6 Å². The Morgan fingerprint density at radius 2 is 1.84 bits per heavy atom. The Balaban J connectivity index is 2.92. The van der Waals surface area contributed by atoms with Crippen molar-refractivity contribution in [3.8, 4) is 5.75 Å². The summed E-state index contributed by atoms with van der Waals surface area (Å²) >= 11 is 5.63. The highest BCUT2D eigenvalue weighted by Gasteiger charge is 2.63. The van der Waals surface area contributed by atoms with Crippen molar-refractivity contribution in [1.29, 1.82) is 0 Å². The number of hydrogen-bond donors (Lipinski definition) is 1. The third-order valence-corrected chi connectivity index (χ3v) is 2.35. The van der Waals surface area contributed by atoms with E-state index in [0.29, 0.717) is 0 Å². The van der Waals surface area contributed by atoms with Gasteiger partial charge in [0.25, 0.3) is 0 Å². The van der Waals surface area contributed by atoms with Crippen LogP contribution in [0.3, 0.4) is 0 Å². The van der Waals surface area contributed by atoms with Crippen molar-refractivity contribution < 1.29 is 31.5 Å². The topological polar surface area (TPSA) is 38.3 Å². The SMILES string of the molecule is COc1ccc(NC(=O)C(F)(F)C(F)(F)F)cc1Cl. The van der Waals surface area contributed by atoms with E-state index < -0.39 is 18.0 Å². The minimum absolute atomic E-state index is 0.0457. The number of rotatable bonds is 3. The Hall–Kier alpha value is -1.57. The fraction of sp³-hybridized carbons (Fsp3) is 0.300. The summed E-state index contributed by atoms with van der Waals surface area (Å²) in [5, 5.41) is 1.39. The molecule has 0 saturated carbocycles. The Labute approximate surface area is 109 Å². The summed E-state index contributed by atoms with van der Waals surface area (Å²) in [5.74, 6) is -7.79. The molecule has 9 heteroatoms. The molecular weight excluding hydrogens is 297 g/mol. The van der Waals surface area contributed by atoms with E-state index in [1.54, 1.807) is 0 Å². The van der Waals surface area contributed by atoms with Gasteiger partial charge in [-0.3, -0.25) is 4.79 Å². The summed E-state index contributed by atoms with van der Waals surface area (Å²) in [7, 11) is 1.29. The van der Waals surface area contributed by atoms with Crippen molar-refractivity contribution >= 4 is 23.2 Å². The first kappa shape index (κ1) is 15.5. The lowest BCUT2D eigenvalue weighted by Gasteiger charge is -2.18. The fourth-order valence-corrected chi connectivity index (χ4v) is 1.34. The van der Waals surface area contributed by atoms with E-state index in [1.165, 1.54) is 18.5 Å². The van der Waals surface area contributed by atoms with Gasteiger partial charge in [0.15, 0.2) is 0 Å². The molecule has 1 amide bonds. The highest BCUT2D eigenvalue weighted by atomic mass is 35.5. The zero-order valence-corrected chi connectivity index (χ0v) is 10.1. The molecule has 0 aromatic heterocycles. The molecule has 1 aromatic carbocycles. The lowest BCUT2D eigenvalue weighted by atomic mass is 10.2. The molecule has 0 unspecified atom stereocenters. The van der Waals surface area contributed by atoms with Crippen LogP contribution >= 0.6 is 11.6 Å². The van der Waals surface area contributed by atoms with Gasteiger partial charge in [-0.05, 0) is 18.2 Å². The number of carbonyl (C=O) groups excluding carboxylic acids is 1. The van der Waals surface area contributed by atoms with E-state index in [9.17, 15) is 26.7 Å². The molecule has 0 spiro atoms. The number of anilines is 1. The van der Waals surface area contributed by atoms with Gasteiger partial charge in [-0.1, -0.05) is 11.6 Å². The summed E-state index contributed by atoms with van der Waals surface area (Å²) < 4.78 is 65.9. The molecule has 0 saturated heterocycles. The third kappa shape index (κ3) is 3.25. The summed E-state index contributed by atoms with van der Waals surface area (Å²) in [4.78, 5) is 10.9. The van der Waals surface area contributed by atoms with Crippen LogP contribution in [-0.2, 0) is 4.79 Å². The van der Waals surface area contributed by atoms with Crippen LogP contribution in [-0.4, -0.2) is 25.1 Å². The Morgan fingerprint density at radius 1 is 1.26 bits per heavy atom. The van der Waals surface area contributed by atoms with E-state index in [4.69, 9.17) is 16.3 Å². The van der Waals surface area contributed by atoms with Crippen LogP contribution in [0.1, 0.15) is 0 Å². The largest absolute Gasteiger partial charge is 0.495 e. The summed E-state index contributed by atoms with van der Waals surface area (Å²) in [6.45, 7) is 0. The smallest absolute Gasteiger partial charge is 0.463 e. The highest BCUT2D eigenvalue weighted by molar-refractivity contribution is 6.32. The van der Waals surface area contributed by atoms with Gasteiger partial charge in [0.2, 0.25) is 0 Å². The zero-order chi connectivity index (χ0) is 14.8. The molecule has 0 atom stereocenters. The molecule has 0 fully saturated rings. The number of methoxy groups -OCH3 is 1. The average Bonchev–Trinajstić information content (AvgIpc) is 2.27. The fourth-order valence-electron chi connectivity index (χ4n) is 1.08. The molecule has 106 valence electrons. The van der Waals surface area contributed by atoms with E-state index in [2.05, 4.69) is 0 Å². The first-order chi connectivity index (χ1) is 8.59. The molecule has 0 radical (unpaired) electrons. The average molecular weight is 304 g/mol. The minimum atomic E-state index is -5.96. The molecule has 0 heterocycles. The maximum Gasteiger partial charge on any atom is 0.463 e. The van der Waals surface area contributed by atoms with E-state index in [0.717, 1.165) is 12.1 Å². The predicted octanol–water partition coefficient (Wildman–Crippen LogP) is 3.48. The Kier molecular flexibility index (Phi) is 4.24. The molecule has 1 rings (SSSR count). The molecule has 1 N–H and O–H groups in total. The molecule has 0 aliphatic rings. The van der Waals surface area contributed by atoms with Crippen LogP contribution in [0.5, 0.6) is 5.75 Å². The van der Waals surface area contributed by atoms with Crippen molar-refractivity contribution in [2.45, 2.75) is 12.1 Å². The van der Waals surface area contributed by atoms with Gasteiger partial charge in [-0.15, -0.1) is 0 Å². The van der Waals surface area contributed by atoms with Gasteiger partial charge in [0.1, 0.15) is 5.75 Å². The second-order valence-electron chi connectivity index (χ2n) is 3.38. The maximum atomic E-state index is 12.7. The number of benzene rings is 1. The van der Waals surface area contributed by atoms with Crippen molar-refractivity contribution in [2.75, 3.05) is 12.4 Å². The Bertz CT molecular complexity index is 489. The predicted molar refractivity (Wildman–Crippen MR) is 57.6 cm³/mol. The second-order valence-corrected chi connectivity index (χ2v) is 3.78. The van der Waals surface area contributed by atoms with Crippen molar-refractivity contribution in [3.05, 3.63) is 23.2 Å². The second kappa shape index (κ2) is 5.20. The monoisotopic (exact) mass is 303 g/mol. The minimum Gasteiger partial charge on any atom is -0.495 e. The number of alkyl halides is 5. The molecule has 1 aromatic rings. The van der Waals surface area contributed by atoms with Gasteiger partial charge in [-0.25, -0.2) is 0 Å². The number of ether oxygens (including phenoxy) is 1. The molecule has 0 bridgehead atoms. The lowest BCUT2D eigenvalue weighted by Crippen LogP contribution is -2.47. The number of hydrogen-bond acceptors (Lipinski definition) is 2. The van der Waals surface area contributed by atoms with Gasteiger partial charge in [-0.2, -0.15) is 22.0 Å². The molecule has 0 aliphatic carbocycles. The van der Waals surface area contributed by atoms with Gasteiger partial charge in [0.05, 0.1) is 12.1 Å². The highest BCUT2D eigenvalue weighted by Crippen LogP contribution is 2.36. The standard InChI is InChI=1S/C10H7ClF5NO2/c1-19-7-3-2-5(4-6(7)11)17-8(18)9(12,13)10(14,15)16/h2-4H,1H3,(H,17,18). The van der Waals surface area contributed by atoms with Crippen LogP contribution < -0.4 is 10.1 Å². The van der Waals surface area contributed by atoms with Crippen molar-refractivity contribution in [2.24, 2.45) is 0 Å². The van der Waals surface area contributed by atoms with Crippen LogP contribution in [0.25, 0.3) is 0 Å². The summed E-state index contributed by atoms with van der Waals surface area (Å²) in [6, 6.07) is 3.28. The lowest BCUT2D eigenvalue weighted by molar-refractivity contribution is -0.267. The molecular formula is C10H7ClF5NO2. The third-order valence-electron chi connectivity index (χ3n) is 2.05. The first-order valence-electron chi connectivity index (χ1n) is 4.69. The van der Waals surface area contributed by atoms with E-state index >= 15 is 0 Å². The van der Waals surface area contributed by atoms with Crippen molar-refractivity contribution in [3.63, 3.8) is 0 Å². The number of amides is 1. The van der Waals surface area contributed by atoms with Crippen LogP contribution in [0.2, 0.25) is 5.02 Å². The van der Waals surface area contributed by atoms with Crippen molar-refractivity contribution in [1.82, 2.24) is 0 Å². The van der Waals surface area contributed by atoms with E-state index in [-0.39, 0.29) is 16.5 Å². The summed E-state index contributed by atoms with van der Waals surface area (Å²) in [5.41, 5.74) is -0.306. The van der Waals surface area contributed by atoms with Gasteiger partial charge >= 0.3 is 18.0 Å². The first-order valence-corrected chi connectivity index (χ1v) is 5.07. The zero-order valence-electron chi connectivity index (χ0n) is 9.32. The Morgan fingerprint density at radius 3 is 2.26 bits per heavy atom. The van der Waals surface area contributed by atoms with Crippen LogP contribution in [0, 0.1) is 0 Å². The maximum absolute atomic E-state index is 12.7.